The molecule has 166 valence electrons. The highest BCUT2D eigenvalue weighted by molar-refractivity contribution is 6.33. The lowest BCUT2D eigenvalue weighted by molar-refractivity contribution is -0.131. The zero-order chi connectivity index (χ0) is 22.6. The number of carbonyl (C=O) groups is 2. The van der Waals surface area contributed by atoms with Gasteiger partial charge in [0.25, 0.3) is 5.91 Å². The third-order valence-corrected chi connectivity index (χ3v) is 5.96. The molecule has 0 saturated carbocycles. The summed E-state index contributed by atoms with van der Waals surface area (Å²) in [5.74, 6) is 0.0640. The Morgan fingerprint density at radius 1 is 1.00 bits per heavy atom. The van der Waals surface area contributed by atoms with Crippen LogP contribution in [0.2, 0.25) is 5.02 Å². The Labute approximate surface area is 190 Å². The van der Waals surface area contributed by atoms with Crippen LogP contribution in [0.4, 0.5) is 11.4 Å². The first-order valence-corrected chi connectivity index (χ1v) is 11.3. The molecule has 0 spiro atoms. The van der Waals surface area contributed by atoms with E-state index < -0.39 is 0 Å². The van der Waals surface area contributed by atoms with E-state index in [2.05, 4.69) is 31.0 Å². The van der Waals surface area contributed by atoms with Crippen molar-refractivity contribution in [1.29, 1.82) is 0 Å². The predicted octanol–water partition coefficient (Wildman–Crippen LogP) is 5.34. The van der Waals surface area contributed by atoms with E-state index in [-0.39, 0.29) is 17.2 Å². The summed E-state index contributed by atoms with van der Waals surface area (Å²) in [6, 6.07) is 13.3. The van der Waals surface area contributed by atoms with Crippen molar-refractivity contribution in [2.24, 2.45) is 0 Å². The van der Waals surface area contributed by atoms with Crippen LogP contribution in [0.15, 0.2) is 42.5 Å². The number of halogens is 1. The Hall–Kier alpha value is -2.53. The van der Waals surface area contributed by atoms with E-state index in [1.54, 1.807) is 6.07 Å². The molecule has 1 fully saturated rings. The first-order chi connectivity index (χ1) is 14.7. The van der Waals surface area contributed by atoms with E-state index in [1.807, 2.05) is 48.2 Å². The molecule has 1 aliphatic heterocycles. The molecule has 0 unspecified atom stereocenters. The smallest absolute Gasteiger partial charge is 0.255 e. The lowest BCUT2D eigenvalue weighted by atomic mass is 9.87. The van der Waals surface area contributed by atoms with Gasteiger partial charge in [0.05, 0.1) is 10.7 Å². The van der Waals surface area contributed by atoms with Gasteiger partial charge in [-0.2, -0.15) is 0 Å². The van der Waals surface area contributed by atoms with Crippen LogP contribution in [-0.2, 0) is 10.2 Å². The molecule has 2 aromatic carbocycles. The molecule has 1 aliphatic rings. The van der Waals surface area contributed by atoms with Crippen LogP contribution >= 0.6 is 11.6 Å². The van der Waals surface area contributed by atoms with E-state index in [9.17, 15) is 9.59 Å². The summed E-state index contributed by atoms with van der Waals surface area (Å²) >= 11 is 6.54. The van der Waals surface area contributed by atoms with Crippen LogP contribution in [0.25, 0.3) is 0 Å². The monoisotopic (exact) mass is 441 g/mol. The fourth-order valence-corrected chi connectivity index (χ4v) is 4.03. The largest absolute Gasteiger partial charge is 0.367 e. The van der Waals surface area contributed by atoms with Crippen LogP contribution in [0.1, 0.15) is 56.5 Å². The molecule has 31 heavy (non-hydrogen) atoms. The summed E-state index contributed by atoms with van der Waals surface area (Å²) < 4.78 is 0. The Morgan fingerprint density at radius 3 is 2.19 bits per heavy atom. The number of hydrogen-bond donors (Lipinski definition) is 1. The fraction of sp³-hybridized carbons (Fsp3) is 0.440. The maximum Gasteiger partial charge on any atom is 0.255 e. The van der Waals surface area contributed by atoms with Crippen LogP contribution in [0.3, 0.4) is 0 Å². The summed E-state index contributed by atoms with van der Waals surface area (Å²) in [5, 5.41) is 3.52. The second-order valence-electron chi connectivity index (χ2n) is 9.07. The molecule has 3 rings (SSSR count). The van der Waals surface area contributed by atoms with Crippen LogP contribution in [0.5, 0.6) is 0 Å². The van der Waals surface area contributed by atoms with Gasteiger partial charge in [0.15, 0.2) is 0 Å². The maximum atomic E-state index is 12.6. The topological polar surface area (TPSA) is 52.7 Å². The average Bonchev–Trinajstić information content (AvgIpc) is 2.74. The summed E-state index contributed by atoms with van der Waals surface area (Å²) in [5.41, 5.74) is 3.44. The van der Waals surface area contributed by atoms with Gasteiger partial charge in [-0.1, -0.05) is 51.4 Å². The van der Waals surface area contributed by atoms with Gasteiger partial charge in [0.1, 0.15) is 0 Å². The Bertz CT molecular complexity index is 927. The lowest BCUT2D eigenvalue weighted by Crippen LogP contribution is -2.48. The molecule has 2 aromatic rings. The quantitative estimate of drug-likeness (QED) is 0.681. The van der Waals surface area contributed by atoms with E-state index >= 15 is 0 Å². The molecular formula is C25H32ClN3O2. The van der Waals surface area contributed by atoms with Gasteiger partial charge in [-0.25, -0.2) is 0 Å². The van der Waals surface area contributed by atoms with Gasteiger partial charge in [0, 0.05) is 43.9 Å². The minimum Gasteiger partial charge on any atom is -0.367 e. The third-order valence-electron chi connectivity index (χ3n) is 5.66. The number of piperazine rings is 1. The summed E-state index contributed by atoms with van der Waals surface area (Å²) in [4.78, 5) is 28.8. The molecule has 1 N–H and O–H groups in total. The van der Waals surface area contributed by atoms with Gasteiger partial charge >= 0.3 is 0 Å². The van der Waals surface area contributed by atoms with E-state index in [1.165, 1.54) is 5.56 Å². The average molecular weight is 442 g/mol. The van der Waals surface area contributed by atoms with Gasteiger partial charge in [-0.15, -0.1) is 0 Å². The Morgan fingerprint density at radius 2 is 1.65 bits per heavy atom. The predicted molar refractivity (Wildman–Crippen MR) is 128 cm³/mol. The van der Waals surface area contributed by atoms with Crippen LogP contribution in [0, 0.1) is 0 Å². The van der Waals surface area contributed by atoms with Crippen molar-refractivity contribution < 1.29 is 9.59 Å². The lowest BCUT2D eigenvalue weighted by Gasteiger charge is -2.36. The molecule has 0 aliphatic carbocycles. The summed E-state index contributed by atoms with van der Waals surface area (Å²) in [6.45, 7) is 11.4. The third kappa shape index (κ3) is 5.79. The number of amides is 2. The van der Waals surface area contributed by atoms with Crippen molar-refractivity contribution in [2.45, 2.75) is 46.0 Å². The molecule has 0 bridgehead atoms. The molecule has 0 atom stereocenters. The van der Waals surface area contributed by atoms with Crippen LogP contribution in [-0.4, -0.2) is 42.9 Å². The van der Waals surface area contributed by atoms with Crippen molar-refractivity contribution in [3.63, 3.8) is 0 Å². The molecule has 6 heteroatoms. The zero-order valence-electron chi connectivity index (χ0n) is 18.9. The second kappa shape index (κ2) is 9.73. The molecule has 1 saturated heterocycles. The van der Waals surface area contributed by atoms with E-state index in [0.29, 0.717) is 35.8 Å². The minimum absolute atomic E-state index is 0.0487. The molecule has 1 heterocycles. The number of nitrogens with one attached hydrogen (secondary N) is 1. The number of hydrogen-bond acceptors (Lipinski definition) is 3. The van der Waals surface area contributed by atoms with Crippen LogP contribution < -0.4 is 10.2 Å². The SMILES string of the molecule is CCCC(=O)N1CCN(c2ccc(NC(=O)c3ccc(C(C)(C)C)cc3)cc2Cl)CC1. The second-order valence-corrected chi connectivity index (χ2v) is 9.47. The number of benzene rings is 2. The fourth-order valence-electron chi connectivity index (χ4n) is 3.73. The molecule has 5 nitrogen and oxygen atoms in total. The molecule has 0 aromatic heterocycles. The van der Waals surface area contributed by atoms with Crippen molar-refractivity contribution >= 4 is 34.8 Å². The Balaban J connectivity index is 1.62. The van der Waals surface area contributed by atoms with Crippen molar-refractivity contribution in [2.75, 3.05) is 36.4 Å². The number of anilines is 2. The van der Waals surface area contributed by atoms with Gasteiger partial charge in [0.2, 0.25) is 5.91 Å². The van der Waals surface area contributed by atoms with Crippen molar-refractivity contribution in [3.8, 4) is 0 Å². The highest BCUT2D eigenvalue weighted by Crippen LogP contribution is 2.30. The molecule has 0 radical (unpaired) electrons. The van der Waals surface area contributed by atoms with E-state index in [4.69, 9.17) is 11.6 Å². The molecule has 2 amide bonds. The maximum absolute atomic E-state index is 12.6. The standard InChI is InChI=1S/C25H32ClN3O2/c1-5-6-23(30)29-15-13-28(14-16-29)22-12-11-20(17-21(22)26)27-24(31)18-7-9-19(10-8-18)25(2,3)4/h7-12,17H,5-6,13-16H2,1-4H3,(H,27,31). The summed E-state index contributed by atoms with van der Waals surface area (Å²) in [7, 11) is 0. The van der Waals surface area contributed by atoms with Gasteiger partial charge in [-0.3, -0.25) is 9.59 Å². The van der Waals surface area contributed by atoms with Gasteiger partial charge in [-0.05, 0) is 47.7 Å². The normalized spacial score (nSPS) is 14.5. The Kier molecular flexibility index (Phi) is 7.26. The van der Waals surface area contributed by atoms with Gasteiger partial charge < -0.3 is 15.1 Å². The summed E-state index contributed by atoms with van der Waals surface area (Å²) in [6.07, 6.45) is 1.48. The molecular weight excluding hydrogens is 410 g/mol. The zero-order valence-corrected chi connectivity index (χ0v) is 19.6. The number of rotatable bonds is 5. The van der Waals surface area contributed by atoms with Crippen molar-refractivity contribution in [3.05, 3.63) is 58.6 Å². The highest BCUT2D eigenvalue weighted by Gasteiger charge is 2.22. The van der Waals surface area contributed by atoms with E-state index in [0.717, 1.165) is 25.2 Å². The first kappa shape index (κ1) is 23.1. The number of nitrogens with zero attached hydrogens (tertiary/aromatic N) is 2. The first-order valence-electron chi connectivity index (χ1n) is 10.9. The minimum atomic E-state index is -0.160. The highest BCUT2D eigenvalue weighted by atomic mass is 35.5. The van der Waals surface area contributed by atoms with Crippen molar-refractivity contribution in [1.82, 2.24) is 4.90 Å². The number of carbonyl (C=O) groups excluding carboxylic acids is 2.